The molecule has 2 aromatic rings. The first-order chi connectivity index (χ1) is 9.65. The van der Waals surface area contributed by atoms with Crippen molar-refractivity contribution in [3.05, 3.63) is 54.0 Å². The van der Waals surface area contributed by atoms with E-state index in [9.17, 15) is 4.79 Å². The Hall–Kier alpha value is -2.27. The maximum atomic E-state index is 10.7. The van der Waals surface area contributed by atoms with E-state index in [1.807, 2.05) is 13.1 Å². The summed E-state index contributed by atoms with van der Waals surface area (Å²) < 4.78 is 10.6. The number of likely N-dealkylation sites (N-methyl/N-ethyl adjacent to an activating group) is 1. The van der Waals surface area contributed by atoms with Crippen LogP contribution in [0.15, 0.2) is 47.3 Å². The van der Waals surface area contributed by atoms with Gasteiger partial charge in [-0.05, 0) is 37.4 Å². The predicted octanol–water partition coefficient (Wildman–Crippen LogP) is 2.49. The molecule has 0 aliphatic carbocycles. The molecule has 0 unspecified atom stereocenters. The molecule has 5 heteroatoms. The summed E-state index contributed by atoms with van der Waals surface area (Å²) in [6, 6.07) is 8.33. The van der Waals surface area contributed by atoms with Gasteiger partial charge in [-0.2, -0.15) is 0 Å². The average Bonchev–Trinajstić information content (AvgIpc) is 2.92. The first-order valence-corrected chi connectivity index (χ1v) is 6.31. The molecule has 0 bridgehead atoms. The Kier molecular flexibility index (Phi) is 4.79. The molecule has 1 aromatic heterocycles. The summed E-state index contributed by atoms with van der Waals surface area (Å²) >= 11 is 0. The van der Waals surface area contributed by atoms with Crippen molar-refractivity contribution < 1.29 is 19.1 Å². The van der Waals surface area contributed by atoms with Gasteiger partial charge in [0.1, 0.15) is 12.4 Å². The van der Waals surface area contributed by atoms with Gasteiger partial charge in [0.15, 0.2) is 0 Å². The van der Waals surface area contributed by atoms with E-state index in [1.165, 1.54) is 12.1 Å². The fraction of sp³-hybridized carbons (Fsp3) is 0.267. The fourth-order valence-corrected chi connectivity index (χ4v) is 1.79. The number of hydrogen-bond donors (Lipinski definition) is 1. The van der Waals surface area contributed by atoms with Crippen LogP contribution in [0, 0.1) is 0 Å². The normalized spacial score (nSPS) is 10.7. The molecule has 0 atom stereocenters. The van der Waals surface area contributed by atoms with Crippen LogP contribution in [-0.4, -0.2) is 36.2 Å². The van der Waals surface area contributed by atoms with Crippen molar-refractivity contribution in [2.75, 3.05) is 20.2 Å². The lowest BCUT2D eigenvalue weighted by Crippen LogP contribution is -2.23. The van der Waals surface area contributed by atoms with Crippen molar-refractivity contribution in [2.24, 2.45) is 0 Å². The van der Waals surface area contributed by atoms with Crippen molar-refractivity contribution >= 4 is 5.97 Å². The van der Waals surface area contributed by atoms with Gasteiger partial charge in [0.25, 0.3) is 0 Å². The predicted molar refractivity (Wildman–Crippen MR) is 73.9 cm³/mol. The van der Waals surface area contributed by atoms with E-state index in [2.05, 4.69) is 4.90 Å². The molecule has 106 valence electrons. The highest BCUT2D eigenvalue weighted by atomic mass is 16.5. The maximum Gasteiger partial charge on any atom is 0.335 e. The minimum absolute atomic E-state index is 0.259. The average molecular weight is 275 g/mol. The molecule has 1 N–H and O–H groups in total. The lowest BCUT2D eigenvalue weighted by molar-refractivity contribution is 0.0697. The molecule has 0 amide bonds. The zero-order chi connectivity index (χ0) is 14.4. The van der Waals surface area contributed by atoms with Crippen LogP contribution in [0.1, 0.15) is 15.9 Å². The maximum absolute atomic E-state index is 10.7. The fourth-order valence-electron chi connectivity index (χ4n) is 1.79. The van der Waals surface area contributed by atoms with Gasteiger partial charge in [-0.25, -0.2) is 4.79 Å². The molecule has 2 rings (SSSR count). The van der Waals surface area contributed by atoms with Crippen LogP contribution >= 0.6 is 0 Å². The highest BCUT2D eigenvalue weighted by Crippen LogP contribution is 2.12. The summed E-state index contributed by atoms with van der Waals surface area (Å²) in [6.45, 7) is 2.12. The second-order valence-electron chi connectivity index (χ2n) is 4.55. The standard InChI is InChI=1S/C15H17NO4/c1-16(10-12-6-8-19-11-12)7-9-20-14-4-2-13(3-5-14)15(17)18/h2-6,8,11H,7,9-10H2,1H3,(H,17,18). The minimum atomic E-state index is -0.934. The smallest absolute Gasteiger partial charge is 0.335 e. The summed E-state index contributed by atoms with van der Waals surface area (Å²) in [6.07, 6.45) is 3.38. The third-order valence-corrected chi connectivity index (χ3v) is 2.88. The van der Waals surface area contributed by atoms with Gasteiger partial charge in [-0.15, -0.1) is 0 Å². The third kappa shape index (κ3) is 4.13. The molecule has 0 spiro atoms. The van der Waals surface area contributed by atoms with E-state index in [4.69, 9.17) is 14.3 Å². The molecule has 0 saturated carbocycles. The van der Waals surface area contributed by atoms with E-state index < -0.39 is 5.97 Å². The number of carboxylic acids is 1. The first-order valence-electron chi connectivity index (χ1n) is 6.31. The van der Waals surface area contributed by atoms with E-state index in [0.717, 1.165) is 18.7 Å². The van der Waals surface area contributed by atoms with Crippen LogP contribution in [0.5, 0.6) is 5.75 Å². The summed E-state index contributed by atoms with van der Waals surface area (Å²) in [5.74, 6) is -0.261. The van der Waals surface area contributed by atoms with Crippen LogP contribution in [0.2, 0.25) is 0 Å². The number of carboxylic acid groups (broad SMARTS) is 1. The number of nitrogens with zero attached hydrogens (tertiary/aromatic N) is 1. The van der Waals surface area contributed by atoms with Crippen LogP contribution in [-0.2, 0) is 6.54 Å². The molecular formula is C15H17NO4. The number of aromatic carboxylic acids is 1. The van der Waals surface area contributed by atoms with Gasteiger partial charge in [0.2, 0.25) is 0 Å². The van der Waals surface area contributed by atoms with E-state index in [-0.39, 0.29) is 5.56 Å². The molecule has 0 aliphatic rings. The van der Waals surface area contributed by atoms with Crippen LogP contribution in [0.3, 0.4) is 0 Å². The molecule has 1 aromatic carbocycles. The number of ether oxygens (including phenoxy) is 1. The lowest BCUT2D eigenvalue weighted by atomic mass is 10.2. The van der Waals surface area contributed by atoms with E-state index in [0.29, 0.717) is 12.4 Å². The van der Waals surface area contributed by atoms with Crippen molar-refractivity contribution in [1.29, 1.82) is 0 Å². The Bertz CT molecular complexity index is 534. The molecule has 20 heavy (non-hydrogen) atoms. The van der Waals surface area contributed by atoms with Crippen molar-refractivity contribution in [3.63, 3.8) is 0 Å². The van der Waals surface area contributed by atoms with E-state index in [1.54, 1.807) is 24.7 Å². The second-order valence-corrected chi connectivity index (χ2v) is 4.55. The van der Waals surface area contributed by atoms with Crippen LogP contribution in [0.25, 0.3) is 0 Å². The summed E-state index contributed by atoms with van der Waals surface area (Å²) in [5.41, 5.74) is 1.38. The summed E-state index contributed by atoms with van der Waals surface area (Å²) in [5, 5.41) is 8.79. The van der Waals surface area contributed by atoms with Crippen molar-refractivity contribution in [3.8, 4) is 5.75 Å². The molecule has 0 saturated heterocycles. The largest absolute Gasteiger partial charge is 0.492 e. The summed E-state index contributed by atoms with van der Waals surface area (Å²) in [7, 11) is 2.00. The Balaban J connectivity index is 1.73. The second kappa shape index (κ2) is 6.77. The Morgan fingerprint density at radius 3 is 2.65 bits per heavy atom. The molecular weight excluding hydrogens is 258 g/mol. The molecule has 0 aliphatic heterocycles. The summed E-state index contributed by atoms with van der Waals surface area (Å²) in [4.78, 5) is 12.8. The topological polar surface area (TPSA) is 62.9 Å². The van der Waals surface area contributed by atoms with Gasteiger partial charge in [0.05, 0.1) is 18.1 Å². The third-order valence-electron chi connectivity index (χ3n) is 2.88. The van der Waals surface area contributed by atoms with Gasteiger partial charge in [-0.3, -0.25) is 4.90 Å². The number of furan rings is 1. The van der Waals surface area contributed by atoms with E-state index >= 15 is 0 Å². The zero-order valence-corrected chi connectivity index (χ0v) is 11.3. The van der Waals surface area contributed by atoms with Crippen molar-refractivity contribution in [1.82, 2.24) is 4.90 Å². The Labute approximate surface area is 117 Å². The van der Waals surface area contributed by atoms with Gasteiger partial charge in [-0.1, -0.05) is 0 Å². The quantitative estimate of drug-likeness (QED) is 0.841. The molecule has 0 radical (unpaired) electrons. The molecule has 0 fully saturated rings. The van der Waals surface area contributed by atoms with Crippen LogP contribution < -0.4 is 4.74 Å². The minimum Gasteiger partial charge on any atom is -0.492 e. The lowest BCUT2D eigenvalue weighted by Gasteiger charge is -2.16. The number of benzene rings is 1. The molecule has 1 heterocycles. The molecule has 5 nitrogen and oxygen atoms in total. The van der Waals surface area contributed by atoms with Gasteiger partial charge >= 0.3 is 5.97 Å². The number of hydrogen-bond acceptors (Lipinski definition) is 4. The highest BCUT2D eigenvalue weighted by Gasteiger charge is 2.04. The highest BCUT2D eigenvalue weighted by molar-refractivity contribution is 5.87. The van der Waals surface area contributed by atoms with Gasteiger partial charge in [0, 0.05) is 18.7 Å². The SMILES string of the molecule is CN(CCOc1ccc(C(=O)O)cc1)Cc1ccoc1. The van der Waals surface area contributed by atoms with Crippen LogP contribution in [0.4, 0.5) is 0 Å². The number of rotatable bonds is 7. The Morgan fingerprint density at radius 2 is 2.05 bits per heavy atom. The van der Waals surface area contributed by atoms with Crippen molar-refractivity contribution in [2.45, 2.75) is 6.54 Å². The Morgan fingerprint density at radius 1 is 1.30 bits per heavy atom. The zero-order valence-electron chi connectivity index (χ0n) is 11.3. The monoisotopic (exact) mass is 275 g/mol. The first kappa shape index (κ1) is 14.1. The number of carbonyl (C=O) groups is 1. The van der Waals surface area contributed by atoms with Gasteiger partial charge < -0.3 is 14.3 Å².